The molecule has 4 aromatic rings. The summed E-state index contributed by atoms with van der Waals surface area (Å²) in [6.45, 7) is 0. The molecule has 0 saturated carbocycles. The van der Waals surface area contributed by atoms with Crippen LogP contribution < -0.4 is 5.32 Å². The van der Waals surface area contributed by atoms with Crippen LogP contribution in [0.4, 0.5) is 13.2 Å². The molecule has 0 spiro atoms. The summed E-state index contributed by atoms with van der Waals surface area (Å²) in [5.41, 5.74) is -0.578. The molecule has 2 N–H and O–H groups in total. The Morgan fingerprint density at radius 3 is 2.31 bits per heavy atom. The second kappa shape index (κ2) is 8.27. The van der Waals surface area contributed by atoms with Gasteiger partial charge in [-0.05, 0) is 5.56 Å². The minimum absolute atomic E-state index is 0.00762. The zero-order valence-electron chi connectivity index (χ0n) is 16.4. The molecule has 0 radical (unpaired) electrons. The van der Waals surface area contributed by atoms with Crippen LogP contribution in [0.3, 0.4) is 0 Å². The van der Waals surface area contributed by atoms with Crippen molar-refractivity contribution in [1.29, 1.82) is 0 Å². The predicted octanol–water partition coefficient (Wildman–Crippen LogP) is 3.86. The molecule has 2 aromatic heterocycles. The Balaban J connectivity index is 1.69. The van der Waals surface area contributed by atoms with Gasteiger partial charge < -0.3 is 19.5 Å². The van der Waals surface area contributed by atoms with E-state index >= 15 is 0 Å². The Bertz CT molecular complexity index is 1230. The molecule has 164 valence electrons. The summed E-state index contributed by atoms with van der Waals surface area (Å²) >= 11 is 0. The van der Waals surface area contributed by atoms with Gasteiger partial charge in [-0.3, -0.25) is 4.79 Å². The first-order chi connectivity index (χ1) is 15.3. The van der Waals surface area contributed by atoms with Gasteiger partial charge in [-0.2, -0.15) is 18.2 Å². The summed E-state index contributed by atoms with van der Waals surface area (Å²) in [5, 5.41) is 19.5. The first kappa shape index (κ1) is 21.2. The number of carbonyl (C=O) groups excluding carboxylic acids is 1. The maximum absolute atomic E-state index is 13.8. The van der Waals surface area contributed by atoms with E-state index in [0.29, 0.717) is 11.1 Å². The fourth-order valence-corrected chi connectivity index (χ4v) is 3.03. The van der Waals surface area contributed by atoms with Crippen molar-refractivity contribution in [2.24, 2.45) is 0 Å². The largest absolute Gasteiger partial charge is 0.422 e. The molecule has 32 heavy (non-hydrogen) atoms. The SMILES string of the molecule is CNC(=O)[C@@H](O)c1ccc(-c2noc(-c3onc(-c4ccccc4)c3C(F)(F)F)n2)cc1. The van der Waals surface area contributed by atoms with Gasteiger partial charge in [-0.25, -0.2) is 0 Å². The molecule has 0 aliphatic carbocycles. The number of hydrogen-bond donors (Lipinski definition) is 2. The second-order valence-corrected chi connectivity index (χ2v) is 6.66. The van der Waals surface area contributed by atoms with Gasteiger partial charge in [0.15, 0.2) is 6.10 Å². The van der Waals surface area contributed by atoms with Crippen molar-refractivity contribution in [3.63, 3.8) is 0 Å². The zero-order valence-corrected chi connectivity index (χ0v) is 16.4. The highest BCUT2D eigenvalue weighted by Gasteiger charge is 2.42. The molecule has 11 heteroatoms. The minimum atomic E-state index is -4.78. The van der Waals surface area contributed by atoms with Gasteiger partial charge in [0.1, 0.15) is 11.3 Å². The number of halogens is 3. The topological polar surface area (TPSA) is 114 Å². The van der Waals surface area contributed by atoms with Crippen LogP contribution in [0.2, 0.25) is 0 Å². The molecular weight excluding hydrogens is 429 g/mol. The lowest BCUT2D eigenvalue weighted by molar-refractivity contribution is -0.137. The van der Waals surface area contributed by atoms with E-state index in [1.54, 1.807) is 18.2 Å². The van der Waals surface area contributed by atoms with Crippen molar-refractivity contribution in [1.82, 2.24) is 20.6 Å². The average Bonchev–Trinajstić information content (AvgIpc) is 3.46. The third-order valence-electron chi connectivity index (χ3n) is 4.62. The number of hydrogen-bond acceptors (Lipinski definition) is 7. The number of aliphatic hydroxyl groups is 1. The standard InChI is InChI=1S/C21H15F3N4O4/c1-25-19(30)16(29)12-7-9-13(10-8-12)18-26-20(32-28-18)17-14(21(22,23)24)15(27-31-17)11-5-3-2-4-6-11/h2-10,16,29H,1H3,(H,25,30)/t16-/m0/s1. The van der Waals surface area contributed by atoms with Gasteiger partial charge >= 0.3 is 6.18 Å². The molecule has 0 aliphatic rings. The number of rotatable bonds is 5. The number of nitrogens with zero attached hydrogens (tertiary/aromatic N) is 3. The first-order valence-corrected chi connectivity index (χ1v) is 9.26. The fourth-order valence-electron chi connectivity index (χ4n) is 3.03. The molecule has 0 aliphatic heterocycles. The second-order valence-electron chi connectivity index (χ2n) is 6.66. The molecule has 4 rings (SSSR count). The quantitative estimate of drug-likeness (QED) is 0.480. The predicted molar refractivity (Wildman–Crippen MR) is 105 cm³/mol. The molecule has 0 unspecified atom stereocenters. The van der Waals surface area contributed by atoms with Crippen molar-refractivity contribution >= 4 is 5.91 Å². The monoisotopic (exact) mass is 444 g/mol. The number of aliphatic hydroxyl groups excluding tert-OH is 1. The van der Waals surface area contributed by atoms with Crippen LogP contribution in [0.1, 0.15) is 17.2 Å². The van der Waals surface area contributed by atoms with Crippen LogP contribution in [-0.4, -0.2) is 33.4 Å². The third-order valence-corrected chi connectivity index (χ3v) is 4.62. The number of benzene rings is 2. The van der Waals surface area contributed by atoms with Gasteiger partial charge in [0.2, 0.25) is 11.6 Å². The number of aromatic nitrogens is 3. The van der Waals surface area contributed by atoms with E-state index in [4.69, 9.17) is 9.05 Å². The van der Waals surface area contributed by atoms with Crippen molar-refractivity contribution in [3.8, 4) is 34.3 Å². The molecule has 0 fully saturated rings. The molecule has 0 saturated heterocycles. The average molecular weight is 444 g/mol. The Labute approximate surface area is 178 Å². The van der Waals surface area contributed by atoms with Gasteiger partial charge in [0.05, 0.1) is 0 Å². The van der Waals surface area contributed by atoms with E-state index in [-0.39, 0.29) is 17.1 Å². The number of likely N-dealkylation sites (N-methyl/N-ethyl adjacent to an activating group) is 1. The summed E-state index contributed by atoms with van der Waals surface area (Å²) < 4.78 is 51.4. The molecule has 8 nitrogen and oxygen atoms in total. The van der Waals surface area contributed by atoms with Crippen molar-refractivity contribution < 1.29 is 32.1 Å². The van der Waals surface area contributed by atoms with E-state index in [1.807, 2.05) is 0 Å². The van der Waals surface area contributed by atoms with E-state index in [2.05, 4.69) is 20.6 Å². The van der Waals surface area contributed by atoms with E-state index in [1.165, 1.54) is 43.4 Å². The lowest BCUT2D eigenvalue weighted by Gasteiger charge is -2.09. The fraction of sp³-hybridized carbons (Fsp3) is 0.143. The van der Waals surface area contributed by atoms with E-state index in [9.17, 15) is 23.1 Å². The molecule has 1 atom stereocenters. The Kier molecular flexibility index (Phi) is 5.49. The van der Waals surface area contributed by atoms with E-state index in [0.717, 1.165) is 0 Å². The zero-order chi connectivity index (χ0) is 22.9. The number of amides is 1. The van der Waals surface area contributed by atoms with Gasteiger partial charge in [-0.15, -0.1) is 0 Å². The molecule has 2 heterocycles. The van der Waals surface area contributed by atoms with Crippen LogP contribution >= 0.6 is 0 Å². The normalized spacial score (nSPS) is 12.5. The van der Waals surface area contributed by atoms with Gasteiger partial charge in [-0.1, -0.05) is 64.9 Å². The molecular formula is C21H15F3N4O4. The lowest BCUT2D eigenvalue weighted by atomic mass is 10.1. The lowest BCUT2D eigenvalue weighted by Crippen LogP contribution is -2.25. The first-order valence-electron chi connectivity index (χ1n) is 9.26. The van der Waals surface area contributed by atoms with E-state index < -0.39 is 35.4 Å². The van der Waals surface area contributed by atoms with Gasteiger partial charge in [0.25, 0.3) is 11.8 Å². The summed E-state index contributed by atoms with van der Waals surface area (Å²) in [6, 6.07) is 13.7. The Morgan fingerprint density at radius 2 is 1.69 bits per heavy atom. The summed E-state index contributed by atoms with van der Waals surface area (Å²) in [5.74, 6) is -1.77. The van der Waals surface area contributed by atoms with Crippen LogP contribution in [-0.2, 0) is 11.0 Å². The maximum atomic E-state index is 13.8. The van der Waals surface area contributed by atoms with Crippen molar-refractivity contribution in [2.75, 3.05) is 7.05 Å². The highest BCUT2D eigenvalue weighted by Crippen LogP contribution is 2.43. The van der Waals surface area contributed by atoms with Crippen molar-refractivity contribution in [3.05, 3.63) is 65.7 Å². The smallest absolute Gasteiger partial charge is 0.378 e. The van der Waals surface area contributed by atoms with Crippen LogP contribution in [0.5, 0.6) is 0 Å². The molecule has 2 aromatic carbocycles. The van der Waals surface area contributed by atoms with Crippen molar-refractivity contribution in [2.45, 2.75) is 12.3 Å². The third kappa shape index (κ3) is 3.97. The number of carbonyl (C=O) groups is 1. The maximum Gasteiger partial charge on any atom is 0.422 e. The Hall–Kier alpha value is -3.99. The summed E-state index contributed by atoms with van der Waals surface area (Å²) in [7, 11) is 1.39. The summed E-state index contributed by atoms with van der Waals surface area (Å²) in [4.78, 5) is 15.5. The summed E-state index contributed by atoms with van der Waals surface area (Å²) in [6.07, 6.45) is -6.15. The molecule has 1 amide bonds. The Morgan fingerprint density at radius 1 is 1.00 bits per heavy atom. The number of alkyl halides is 3. The van der Waals surface area contributed by atoms with Crippen LogP contribution in [0.15, 0.2) is 63.6 Å². The minimum Gasteiger partial charge on any atom is -0.378 e. The number of nitrogens with one attached hydrogen (secondary N) is 1. The van der Waals surface area contributed by atoms with Crippen LogP contribution in [0, 0.1) is 0 Å². The highest BCUT2D eigenvalue weighted by atomic mass is 19.4. The molecule has 0 bridgehead atoms. The van der Waals surface area contributed by atoms with Gasteiger partial charge in [0, 0.05) is 18.2 Å². The highest BCUT2D eigenvalue weighted by molar-refractivity contribution is 5.81. The van der Waals surface area contributed by atoms with Crippen LogP contribution in [0.25, 0.3) is 34.3 Å².